The van der Waals surface area contributed by atoms with Crippen LogP contribution in [0, 0.1) is 13.8 Å². The molecule has 2 rings (SSSR count). The van der Waals surface area contributed by atoms with Gasteiger partial charge in [-0.1, -0.05) is 36.4 Å². The van der Waals surface area contributed by atoms with Gasteiger partial charge in [0.1, 0.15) is 12.4 Å². The number of ether oxygens (including phenoxy) is 1. The smallest absolute Gasteiger partial charge is 0.251 e. The first-order valence-electron chi connectivity index (χ1n) is 7.13. The lowest BCUT2D eigenvalue weighted by Crippen LogP contribution is -2.36. The molecule has 0 aliphatic carbocycles. The van der Waals surface area contributed by atoms with Crippen molar-refractivity contribution in [3.8, 4) is 5.75 Å². The molecule has 3 heteroatoms. The van der Waals surface area contributed by atoms with Gasteiger partial charge in [0.15, 0.2) is 0 Å². The van der Waals surface area contributed by atoms with Crippen LogP contribution in [0.2, 0.25) is 0 Å². The minimum Gasteiger partial charge on any atom is -0.491 e. The first kappa shape index (κ1) is 15.1. The van der Waals surface area contributed by atoms with Crippen LogP contribution < -0.4 is 10.1 Å². The lowest BCUT2D eigenvalue weighted by Gasteiger charge is -2.17. The van der Waals surface area contributed by atoms with Gasteiger partial charge >= 0.3 is 0 Å². The van der Waals surface area contributed by atoms with Crippen molar-refractivity contribution in [3.63, 3.8) is 0 Å². The largest absolute Gasteiger partial charge is 0.491 e. The second-order valence-electron chi connectivity index (χ2n) is 5.27. The fourth-order valence-corrected chi connectivity index (χ4v) is 2.17. The second kappa shape index (κ2) is 6.93. The summed E-state index contributed by atoms with van der Waals surface area (Å²) < 4.78 is 5.85. The highest BCUT2D eigenvalue weighted by Gasteiger charge is 2.11. The van der Waals surface area contributed by atoms with Crippen molar-refractivity contribution in [1.82, 2.24) is 5.32 Å². The molecular formula is C18H21NO2. The summed E-state index contributed by atoms with van der Waals surface area (Å²) in [5.41, 5.74) is 2.88. The number of rotatable bonds is 5. The number of para-hydroxylation sites is 1. The van der Waals surface area contributed by atoms with Crippen LogP contribution >= 0.6 is 0 Å². The van der Waals surface area contributed by atoms with Gasteiger partial charge in [0.25, 0.3) is 5.91 Å². The molecule has 21 heavy (non-hydrogen) atoms. The van der Waals surface area contributed by atoms with E-state index in [1.807, 2.05) is 57.2 Å². The van der Waals surface area contributed by atoms with Crippen molar-refractivity contribution in [1.29, 1.82) is 0 Å². The Labute approximate surface area is 126 Å². The van der Waals surface area contributed by atoms with Gasteiger partial charge in [0, 0.05) is 5.56 Å². The molecular weight excluding hydrogens is 262 g/mol. The molecule has 2 aromatic rings. The van der Waals surface area contributed by atoms with Crippen LogP contribution in [0.15, 0.2) is 48.5 Å². The topological polar surface area (TPSA) is 38.3 Å². The molecule has 0 saturated heterocycles. The standard InChI is InChI=1S/C18H21NO2/c1-13-8-7-9-14(2)17(13)21-12-15(3)19-18(20)16-10-5-4-6-11-16/h4-11,15H,12H2,1-3H3,(H,19,20). The fourth-order valence-electron chi connectivity index (χ4n) is 2.17. The van der Waals surface area contributed by atoms with Gasteiger partial charge in [-0.05, 0) is 44.0 Å². The molecule has 110 valence electrons. The summed E-state index contributed by atoms with van der Waals surface area (Å²) in [5.74, 6) is 0.825. The van der Waals surface area contributed by atoms with Gasteiger partial charge < -0.3 is 10.1 Å². The summed E-state index contributed by atoms with van der Waals surface area (Å²) in [4.78, 5) is 12.0. The highest BCUT2D eigenvalue weighted by Crippen LogP contribution is 2.22. The number of aryl methyl sites for hydroxylation is 2. The van der Waals surface area contributed by atoms with Crippen molar-refractivity contribution < 1.29 is 9.53 Å². The Morgan fingerprint density at radius 3 is 2.29 bits per heavy atom. The first-order chi connectivity index (χ1) is 10.1. The maximum absolute atomic E-state index is 12.0. The molecule has 1 amide bonds. The number of nitrogens with one attached hydrogen (secondary N) is 1. The van der Waals surface area contributed by atoms with Crippen molar-refractivity contribution >= 4 is 5.91 Å². The van der Waals surface area contributed by atoms with Crippen LogP contribution in [0.4, 0.5) is 0 Å². The Morgan fingerprint density at radius 2 is 1.67 bits per heavy atom. The molecule has 1 unspecified atom stereocenters. The third-order valence-corrected chi connectivity index (χ3v) is 3.30. The van der Waals surface area contributed by atoms with E-state index >= 15 is 0 Å². The molecule has 0 saturated carbocycles. The Hall–Kier alpha value is -2.29. The zero-order chi connectivity index (χ0) is 15.2. The molecule has 0 aliphatic heterocycles. The first-order valence-corrected chi connectivity index (χ1v) is 7.13. The van der Waals surface area contributed by atoms with Gasteiger partial charge in [-0.15, -0.1) is 0 Å². The molecule has 0 fully saturated rings. The van der Waals surface area contributed by atoms with Crippen LogP contribution in [-0.2, 0) is 0 Å². The SMILES string of the molecule is Cc1cccc(C)c1OCC(C)NC(=O)c1ccccc1. The predicted octanol–water partition coefficient (Wildman–Crippen LogP) is 3.50. The average molecular weight is 283 g/mol. The maximum Gasteiger partial charge on any atom is 0.251 e. The van der Waals surface area contributed by atoms with E-state index in [1.54, 1.807) is 12.1 Å². The van der Waals surface area contributed by atoms with Crippen LogP contribution in [-0.4, -0.2) is 18.6 Å². The Balaban J connectivity index is 1.91. The van der Waals surface area contributed by atoms with Crippen LogP contribution in [0.3, 0.4) is 0 Å². The summed E-state index contributed by atoms with van der Waals surface area (Å²) in [5, 5.41) is 2.94. The minimum absolute atomic E-state index is 0.0586. The number of hydrogen-bond donors (Lipinski definition) is 1. The summed E-state index contributed by atoms with van der Waals surface area (Å²) in [6.07, 6.45) is 0. The maximum atomic E-state index is 12.0. The summed E-state index contributed by atoms with van der Waals surface area (Å²) in [6.45, 7) is 6.43. The van der Waals surface area contributed by atoms with Crippen LogP contribution in [0.5, 0.6) is 5.75 Å². The lowest BCUT2D eigenvalue weighted by atomic mass is 10.1. The van der Waals surface area contributed by atoms with E-state index in [2.05, 4.69) is 5.32 Å². The molecule has 0 bridgehead atoms. The van der Waals surface area contributed by atoms with Crippen molar-refractivity contribution in [2.24, 2.45) is 0 Å². The molecule has 0 radical (unpaired) electrons. The summed E-state index contributed by atoms with van der Waals surface area (Å²) >= 11 is 0. The van der Waals surface area contributed by atoms with Gasteiger partial charge in [-0.2, -0.15) is 0 Å². The number of benzene rings is 2. The molecule has 0 heterocycles. The Morgan fingerprint density at radius 1 is 1.05 bits per heavy atom. The van der Waals surface area contributed by atoms with E-state index in [1.165, 1.54) is 0 Å². The zero-order valence-corrected chi connectivity index (χ0v) is 12.7. The minimum atomic E-state index is -0.0757. The molecule has 1 atom stereocenters. The number of carbonyl (C=O) groups is 1. The molecule has 0 aliphatic rings. The van der Waals surface area contributed by atoms with Gasteiger partial charge in [0.2, 0.25) is 0 Å². The molecule has 3 nitrogen and oxygen atoms in total. The Bertz CT molecular complexity index is 588. The third-order valence-electron chi connectivity index (χ3n) is 3.30. The van der Waals surface area contributed by atoms with E-state index in [0.29, 0.717) is 12.2 Å². The molecule has 0 spiro atoms. The second-order valence-corrected chi connectivity index (χ2v) is 5.27. The number of carbonyl (C=O) groups excluding carboxylic acids is 1. The van der Waals surface area contributed by atoms with Gasteiger partial charge in [-0.3, -0.25) is 4.79 Å². The number of hydrogen-bond acceptors (Lipinski definition) is 2. The van der Waals surface area contributed by atoms with Crippen molar-refractivity contribution in [2.45, 2.75) is 26.8 Å². The molecule has 1 N–H and O–H groups in total. The van der Waals surface area contributed by atoms with Gasteiger partial charge in [0.05, 0.1) is 6.04 Å². The number of amides is 1. The zero-order valence-electron chi connectivity index (χ0n) is 12.7. The normalized spacial score (nSPS) is 11.8. The molecule has 2 aromatic carbocycles. The van der Waals surface area contributed by atoms with E-state index in [9.17, 15) is 4.79 Å². The Kier molecular flexibility index (Phi) is 4.99. The lowest BCUT2D eigenvalue weighted by molar-refractivity contribution is 0.0926. The van der Waals surface area contributed by atoms with Crippen molar-refractivity contribution in [2.75, 3.05) is 6.61 Å². The van der Waals surface area contributed by atoms with E-state index in [-0.39, 0.29) is 11.9 Å². The van der Waals surface area contributed by atoms with E-state index < -0.39 is 0 Å². The third kappa shape index (κ3) is 4.09. The molecule has 0 aromatic heterocycles. The summed E-state index contributed by atoms with van der Waals surface area (Å²) in [6, 6.07) is 15.2. The highest BCUT2D eigenvalue weighted by molar-refractivity contribution is 5.94. The van der Waals surface area contributed by atoms with Crippen LogP contribution in [0.1, 0.15) is 28.4 Å². The monoisotopic (exact) mass is 283 g/mol. The quantitative estimate of drug-likeness (QED) is 0.912. The van der Waals surface area contributed by atoms with E-state index in [0.717, 1.165) is 16.9 Å². The van der Waals surface area contributed by atoms with Gasteiger partial charge in [-0.25, -0.2) is 0 Å². The highest BCUT2D eigenvalue weighted by atomic mass is 16.5. The van der Waals surface area contributed by atoms with E-state index in [4.69, 9.17) is 4.74 Å². The van der Waals surface area contributed by atoms with Crippen molar-refractivity contribution in [3.05, 3.63) is 65.2 Å². The fraction of sp³-hybridized carbons (Fsp3) is 0.278. The average Bonchev–Trinajstić information content (AvgIpc) is 2.47. The predicted molar refractivity (Wildman–Crippen MR) is 84.8 cm³/mol. The summed E-state index contributed by atoms with van der Waals surface area (Å²) in [7, 11) is 0. The van der Waals surface area contributed by atoms with Crippen LogP contribution in [0.25, 0.3) is 0 Å².